The van der Waals surface area contributed by atoms with Gasteiger partial charge in [-0.05, 0) is 18.2 Å². The molecule has 1 heterocycles. The van der Waals surface area contributed by atoms with Crippen LogP contribution in [0.3, 0.4) is 0 Å². The van der Waals surface area contributed by atoms with Crippen molar-refractivity contribution in [3.63, 3.8) is 0 Å². The second-order valence-electron chi connectivity index (χ2n) is 4.50. The topological polar surface area (TPSA) is 83.9 Å². The maximum absolute atomic E-state index is 13.3. The van der Waals surface area contributed by atoms with E-state index in [0.29, 0.717) is 0 Å². The van der Waals surface area contributed by atoms with Crippen molar-refractivity contribution in [1.82, 2.24) is 4.31 Å². The number of halogens is 1. The molecular weight excluding hydrogens is 289 g/mol. The van der Waals surface area contributed by atoms with Gasteiger partial charge >= 0.3 is 5.97 Å². The molecule has 0 radical (unpaired) electrons. The standard InChI is InChI=1S/C12H14FNO5S/c1-19-12(16)10-3-2-9(13)4-11(10)20(17,18)14-5-8(6-14)7-15/h2-4,8,15H,5-7H2,1H3. The summed E-state index contributed by atoms with van der Waals surface area (Å²) in [5.41, 5.74) is -0.207. The first-order valence-corrected chi connectivity index (χ1v) is 7.33. The van der Waals surface area contributed by atoms with E-state index in [-0.39, 0.29) is 31.2 Å². The Morgan fingerprint density at radius 2 is 2.15 bits per heavy atom. The van der Waals surface area contributed by atoms with Gasteiger partial charge in [-0.15, -0.1) is 0 Å². The Balaban J connectivity index is 2.41. The van der Waals surface area contributed by atoms with Crippen molar-refractivity contribution in [3.8, 4) is 0 Å². The van der Waals surface area contributed by atoms with E-state index in [9.17, 15) is 17.6 Å². The number of hydrogen-bond acceptors (Lipinski definition) is 5. The number of ether oxygens (including phenoxy) is 1. The summed E-state index contributed by atoms with van der Waals surface area (Å²) in [5.74, 6) is -1.72. The number of aliphatic hydroxyl groups is 1. The van der Waals surface area contributed by atoms with Crippen LogP contribution in [0.2, 0.25) is 0 Å². The Morgan fingerprint density at radius 3 is 2.70 bits per heavy atom. The summed E-state index contributed by atoms with van der Waals surface area (Å²) in [6, 6.07) is 2.88. The zero-order valence-corrected chi connectivity index (χ0v) is 11.6. The van der Waals surface area contributed by atoms with Crippen LogP contribution in [0.25, 0.3) is 0 Å². The number of benzene rings is 1. The predicted octanol–water partition coefficient (Wildman–Crippen LogP) is 0.225. The van der Waals surface area contributed by atoms with E-state index in [2.05, 4.69) is 4.74 Å². The molecule has 1 saturated heterocycles. The predicted molar refractivity (Wildman–Crippen MR) is 67.1 cm³/mol. The van der Waals surface area contributed by atoms with Crippen molar-refractivity contribution in [2.24, 2.45) is 5.92 Å². The van der Waals surface area contributed by atoms with E-state index >= 15 is 0 Å². The molecule has 2 rings (SSSR count). The molecule has 0 saturated carbocycles. The van der Waals surface area contributed by atoms with Crippen molar-refractivity contribution >= 4 is 16.0 Å². The van der Waals surface area contributed by atoms with Crippen molar-refractivity contribution in [3.05, 3.63) is 29.6 Å². The van der Waals surface area contributed by atoms with Gasteiger partial charge in [-0.1, -0.05) is 0 Å². The molecule has 1 aromatic carbocycles. The Morgan fingerprint density at radius 1 is 1.50 bits per heavy atom. The first kappa shape index (κ1) is 14.9. The number of rotatable bonds is 4. The molecule has 0 unspecified atom stereocenters. The summed E-state index contributed by atoms with van der Waals surface area (Å²) in [4.78, 5) is 11.2. The number of carbonyl (C=O) groups excluding carboxylic acids is 1. The molecule has 1 aliphatic heterocycles. The second-order valence-corrected chi connectivity index (χ2v) is 6.41. The SMILES string of the molecule is COC(=O)c1ccc(F)cc1S(=O)(=O)N1CC(CO)C1. The van der Waals surface area contributed by atoms with Crippen LogP contribution in [-0.4, -0.2) is 50.6 Å². The number of nitrogens with zero attached hydrogens (tertiary/aromatic N) is 1. The number of carbonyl (C=O) groups is 1. The van der Waals surface area contributed by atoms with E-state index in [1.165, 1.54) is 0 Å². The highest BCUT2D eigenvalue weighted by Crippen LogP contribution is 2.28. The lowest BCUT2D eigenvalue weighted by atomic mass is 10.1. The fraction of sp³-hybridized carbons (Fsp3) is 0.417. The van der Waals surface area contributed by atoms with Gasteiger partial charge in [0.05, 0.1) is 17.6 Å². The number of sulfonamides is 1. The second kappa shape index (κ2) is 5.47. The Kier molecular flexibility index (Phi) is 4.07. The van der Waals surface area contributed by atoms with Gasteiger partial charge in [-0.25, -0.2) is 17.6 Å². The molecule has 0 aromatic heterocycles. The fourth-order valence-electron chi connectivity index (χ4n) is 1.96. The smallest absolute Gasteiger partial charge is 0.339 e. The average Bonchev–Trinajstić information content (AvgIpc) is 2.36. The Hall–Kier alpha value is -1.51. The van der Waals surface area contributed by atoms with Crippen LogP contribution in [0.5, 0.6) is 0 Å². The van der Waals surface area contributed by atoms with Crippen LogP contribution < -0.4 is 0 Å². The van der Waals surface area contributed by atoms with Gasteiger partial charge in [-0.2, -0.15) is 4.31 Å². The van der Waals surface area contributed by atoms with Gasteiger partial charge in [0.2, 0.25) is 10.0 Å². The lowest BCUT2D eigenvalue weighted by Crippen LogP contribution is -2.51. The minimum absolute atomic E-state index is 0.112. The summed E-state index contributed by atoms with van der Waals surface area (Å²) in [7, 11) is -2.85. The molecule has 0 bridgehead atoms. The van der Waals surface area contributed by atoms with Gasteiger partial charge in [-0.3, -0.25) is 0 Å². The number of methoxy groups -OCH3 is 1. The summed E-state index contributed by atoms with van der Waals surface area (Å²) in [5, 5.41) is 8.91. The third kappa shape index (κ3) is 2.54. The van der Waals surface area contributed by atoms with Gasteiger partial charge in [0, 0.05) is 25.6 Å². The quantitative estimate of drug-likeness (QED) is 0.805. The Bertz CT molecular complexity index is 625. The van der Waals surface area contributed by atoms with Crippen LogP contribution in [0.1, 0.15) is 10.4 Å². The van der Waals surface area contributed by atoms with Crippen LogP contribution in [0, 0.1) is 11.7 Å². The summed E-state index contributed by atoms with van der Waals surface area (Å²) in [6.07, 6.45) is 0. The summed E-state index contributed by atoms with van der Waals surface area (Å²) in [6.45, 7) is 0.185. The van der Waals surface area contributed by atoms with E-state index in [0.717, 1.165) is 29.6 Å². The van der Waals surface area contributed by atoms with E-state index in [1.807, 2.05) is 0 Å². The highest BCUT2D eigenvalue weighted by atomic mass is 32.2. The minimum atomic E-state index is -3.97. The molecule has 1 aliphatic rings. The molecule has 0 amide bonds. The maximum atomic E-state index is 13.3. The lowest BCUT2D eigenvalue weighted by molar-refractivity contribution is 0.0595. The molecule has 1 aromatic rings. The third-order valence-electron chi connectivity index (χ3n) is 3.15. The van der Waals surface area contributed by atoms with E-state index in [1.54, 1.807) is 0 Å². The largest absolute Gasteiger partial charge is 0.465 e. The minimum Gasteiger partial charge on any atom is -0.465 e. The monoisotopic (exact) mass is 303 g/mol. The molecule has 8 heteroatoms. The van der Waals surface area contributed by atoms with E-state index in [4.69, 9.17) is 5.11 Å². The first-order chi connectivity index (χ1) is 9.40. The molecule has 0 spiro atoms. The number of hydrogen-bond donors (Lipinski definition) is 1. The van der Waals surface area contributed by atoms with Crippen molar-refractivity contribution in [1.29, 1.82) is 0 Å². The maximum Gasteiger partial charge on any atom is 0.339 e. The average molecular weight is 303 g/mol. The molecule has 110 valence electrons. The lowest BCUT2D eigenvalue weighted by Gasteiger charge is -2.37. The van der Waals surface area contributed by atoms with Crippen LogP contribution >= 0.6 is 0 Å². The van der Waals surface area contributed by atoms with Crippen molar-refractivity contribution in [2.45, 2.75) is 4.90 Å². The molecule has 0 aliphatic carbocycles. The zero-order chi connectivity index (χ0) is 14.9. The highest BCUT2D eigenvalue weighted by molar-refractivity contribution is 7.89. The van der Waals surface area contributed by atoms with E-state index < -0.39 is 26.7 Å². The van der Waals surface area contributed by atoms with Gasteiger partial charge in [0.25, 0.3) is 0 Å². The number of aliphatic hydroxyl groups excluding tert-OH is 1. The molecule has 1 fully saturated rings. The highest BCUT2D eigenvalue weighted by Gasteiger charge is 2.38. The first-order valence-electron chi connectivity index (χ1n) is 5.89. The van der Waals surface area contributed by atoms with Gasteiger partial charge in [0.1, 0.15) is 5.82 Å². The van der Waals surface area contributed by atoms with Crippen LogP contribution in [0.4, 0.5) is 4.39 Å². The molecule has 20 heavy (non-hydrogen) atoms. The fourth-order valence-corrected chi connectivity index (χ4v) is 3.74. The zero-order valence-electron chi connectivity index (χ0n) is 10.7. The Labute approximate surface area is 115 Å². The van der Waals surface area contributed by atoms with Crippen molar-refractivity contribution in [2.75, 3.05) is 26.8 Å². The summed E-state index contributed by atoms with van der Waals surface area (Å²) >= 11 is 0. The molecule has 1 N–H and O–H groups in total. The van der Waals surface area contributed by atoms with Crippen LogP contribution in [0.15, 0.2) is 23.1 Å². The molecule has 0 atom stereocenters. The van der Waals surface area contributed by atoms with Gasteiger partial charge < -0.3 is 9.84 Å². The van der Waals surface area contributed by atoms with Crippen molar-refractivity contribution < 1.29 is 27.4 Å². The number of esters is 1. The van der Waals surface area contributed by atoms with Crippen LogP contribution in [-0.2, 0) is 14.8 Å². The molecule has 6 nitrogen and oxygen atoms in total. The van der Waals surface area contributed by atoms with Gasteiger partial charge in [0.15, 0.2) is 0 Å². The summed E-state index contributed by atoms with van der Waals surface area (Å²) < 4.78 is 43.6. The molecular formula is C12H14FNO5S. The third-order valence-corrected chi connectivity index (χ3v) is 5.02. The normalized spacial score (nSPS) is 16.8.